The third-order valence-electron chi connectivity index (χ3n) is 4.54. The van der Waals surface area contributed by atoms with Crippen LogP contribution in [0.25, 0.3) is 5.57 Å². The molecule has 1 aromatic heterocycles. The summed E-state index contributed by atoms with van der Waals surface area (Å²) in [6.45, 7) is 2.80. The lowest BCUT2D eigenvalue weighted by Crippen LogP contribution is -2.39. The van der Waals surface area contributed by atoms with Crippen LogP contribution < -0.4 is 30.5 Å². The SMILES string of the molecule is COc1cc(CCNc2[nH+]cnc3c2=C(C)CCC=CN=3)cc(OC)c1O. The van der Waals surface area contributed by atoms with Gasteiger partial charge in [0.15, 0.2) is 11.5 Å². The highest BCUT2D eigenvalue weighted by Gasteiger charge is 2.13. The summed E-state index contributed by atoms with van der Waals surface area (Å²) in [6.07, 6.45) is 8.20. The number of phenolic OH excluding ortho intramolecular Hbond substituents is 1. The van der Waals surface area contributed by atoms with Gasteiger partial charge in [-0.2, -0.15) is 0 Å². The van der Waals surface area contributed by atoms with Crippen LogP contribution in [0.5, 0.6) is 17.2 Å². The summed E-state index contributed by atoms with van der Waals surface area (Å²) in [6, 6.07) is 3.63. The lowest BCUT2D eigenvalue weighted by Gasteiger charge is -2.11. The van der Waals surface area contributed by atoms with Crippen molar-refractivity contribution in [2.75, 3.05) is 26.1 Å². The minimum Gasteiger partial charge on any atom is -0.502 e. The van der Waals surface area contributed by atoms with E-state index in [9.17, 15) is 5.11 Å². The Morgan fingerprint density at radius 3 is 2.67 bits per heavy atom. The van der Waals surface area contributed by atoms with E-state index in [1.165, 1.54) is 19.8 Å². The maximum Gasteiger partial charge on any atom is 0.242 e. The number of benzene rings is 1. The number of aromatic hydroxyl groups is 1. The van der Waals surface area contributed by atoms with Gasteiger partial charge in [0.05, 0.1) is 20.8 Å². The highest BCUT2D eigenvalue weighted by atomic mass is 16.5. The van der Waals surface area contributed by atoms with E-state index in [-0.39, 0.29) is 5.75 Å². The van der Waals surface area contributed by atoms with Gasteiger partial charge < -0.3 is 19.9 Å². The fraction of sp³-hybridized carbons (Fsp3) is 0.350. The average molecular weight is 369 g/mol. The van der Waals surface area contributed by atoms with Gasteiger partial charge in [0.2, 0.25) is 23.4 Å². The average Bonchev–Trinajstić information content (AvgIpc) is 2.67. The van der Waals surface area contributed by atoms with Crippen molar-refractivity contribution in [3.63, 3.8) is 0 Å². The zero-order valence-electron chi connectivity index (χ0n) is 15.9. The number of aromatic nitrogens is 2. The summed E-state index contributed by atoms with van der Waals surface area (Å²) >= 11 is 0. The molecule has 1 aromatic carbocycles. The number of nitrogens with zero attached hydrogens (tertiary/aromatic N) is 2. The molecule has 27 heavy (non-hydrogen) atoms. The molecular formula is C20H25N4O3+. The van der Waals surface area contributed by atoms with Gasteiger partial charge in [0, 0.05) is 12.6 Å². The summed E-state index contributed by atoms with van der Waals surface area (Å²) < 4.78 is 10.4. The van der Waals surface area contributed by atoms with Crippen molar-refractivity contribution in [3.8, 4) is 17.2 Å². The summed E-state index contributed by atoms with van der Waals surface area (Å²) in [5.74, 6) is 1.73. The summed E-state index contributed by atoms with van der Waals surface area (Å²) in [5, 5.41) is 14.5. The number of phenols is 1. The van der Waals surface area contributed by atoms with Crippen molar-refractivity contribution in [3.05, 3.63) is 47.0 Å². The third-order valence-corrected chi connectivity index (χ3v) is 4.54. The van der Waals surface area contributed by atoms with E-state index in [0.29, 0.717) is 18.0 Å². The van der Waals surface area contributed by atoms with Gasteiger partial charge >= 0.3 is 0 Å². The molecule has 0 fully saturated rings. The van der Waals surface area contributed by atoms with Crippen molar-refractivity contribution >= 4 is 11.4 Å². The van der Waals surface area contributed by atoms with Crippen LogP contribution >= 0.6 is 0 Å². The first-order valence-corrected chi connectivity index (χ1v) is 8.91. The summed E-state index contributed by atoms with van der Waals surface area (Å²) in [7, 11) is 3.05. The molecule has 0 aliphatic carbocycles. The van der Waals surface area contributed by atoms with Gasteiger partial charge in [-0.1, -0.05) is 16.6 Å². The van der Waals surface area contributed by atoms with Crippen LogP contribution in [0.4, 0.5) is 5.82 Å². The third kappa shape index (κ3) is 4.19. The molecule has 0 atom stereocenters. The Labute approximate surface area is 158 Å². The Morgan fingerprint density at radius 1 is 1.22 bits per heavy atom. The minimum atomic E-state index is 0.0143. The van der Waals surface area contributed by atoms with Crippen molar-refractivity contribution in [1.29, 1.82) is 0 Å². The van der Waals surface area contributed by atoms with Gasteiger partial charge in [-0.3, -0.25) is 0 Å². The molecule has 1 aliphatic heterocycles. The van der Waals surface area contributed by atoms with Gasteiger partial charge in [-0.15, -0.1) is 0 Å². The number of ether oxygens (including phenoxy) is 2. The second-order valence-electron chi connectivity index (χ2n) is 6.33. The van der Waals surface area contributed by atoms with Gasteiger partial charge in [-0.05, 0) is 37.5 Å². The van der Waals surface area contributed by atoms with Gasteiger partial charge in [0.25, 0.3) is 0 Å². The molecule has 0 saturated heterocycles. The Bertz CT molecular complexity index is 945. The molecule has 0 amide bonds. The zero-order chi connectivity index (χ0) is 19.2. The normalized spacial score (nSPS) is 13.2. The van der Waals surface area contributed by atoms with E-state index in [1.807, 2.05) is 18.3 Å². The predicted molar refractivity (Wildman–Crippen MR) is 102 cm³/mol. The van der Waals surface area contributed by atoms with Gasteiger partial charge in [-0.25, -0.2) is 9.98 Å². The molecule has 0 radical (unpaired) electrons. The number of anilines is 1. The van der Waals surface area contributed by atoms with E-state index in [4.69, 9.17) is 9.47 Å². The number of fused-ring (bicyclic) bond motifs is 1. The van der Waals surface area contributed by atoms with Crippen LogP contribution in [0.2, 0.25) is 0 Å². The number of H-pyrrole nitrogens is 1. The molecule has 0 bridgehead atoms. The molecule has 142 valence electrons. The lowest BCUT2D eigenvalue weighted by molar-refractivity contribution is -0.367. The lowest BCUT2D eigenvalue weighted by atomic mass is 10.1. The maximum absolute atomic E-state index is 10.0. The first-order valence-electron chi connectivity index (χ1n) is 8.91. The first-order chi connectivity index (χ1) is 13.1. The Morgan fingerprint density at radius 2 is 1.96 bits per heavy atom. The minimum absolute atomic E-state index is 0.0143. The molecule has 1 aliphatic rings. The van der Waals surface area contributed by atoms with Crippen LogP contribution in [0.3, 0.4) is 0 Å². The number of methoxy groups -OCH3 is 2. The molecule has 7 heteroatoms. The number of nitrogens with one attached hydrogen (secondary N) is 2. The number of allylic oxidation sites excluding steroid dienone is 1. The van der Waals surface area contributed by atoms with Crippen LogP contribution in [-0.2, 0) is 6.42 Å². The van der Waals surface area contributed by atoms with Crippen molar-refractivity contribution in [1.82, 2.24) is 4.98 Å². The molecule has 0 unspecified atom stereocenters. The molecule has 2 aromatic rings. The highest BCUT2D eigenvalue weighted by molar-refractivity contribution is 5.53. The quantitative estimate of drug-likeness (QED) is 0.803. The molecule has 0 saturated carbocycles. The van der Waals surface area contributed by atoms with Crippen LogP contribution in [0, 0.1) is 0 Å². The Hall–Kier alpha value is -3.09. The summed E-state index contributed by atoms with van der Waals surface area (Å²) in [4.78, 5) is 12.0. The molecule has 3 N–H and O–H groups in total. The molecule has 3 rings (SSSR count). The first kappa shape index (κ1) is 18.7. The zero-order valence-corrected chi connectivity index (χ0v) is 15.9. The van der Waals surface area contributed by atoms with E-state index in [2.05, 4.69) is 33.3 Å². The smallest absolute Gasteiger partial charge is 0.242 e. The molecule has 2 heterocycles. The standard InChI is InChI=1S/C20H24N4O3/c1-13-6-4-5-8-21-19-17(13)20(24-12-23-19)22-9-7-14-10-15(26-2)18(25)16(11-14)27-3/h5,8,10-12,25H,4,6-7,9H2,1-3H3,(H,21,22,23,24)/p+1. The second kappa shape index (κ2) is 8.53. The second-order valence-corrected chi connectivity index (χ2v) is 6.33. The van der Waals surface area contributed by atoms with Crippen molar-refractivity contribution in [2.24, 2.45) is 4.99 Å². The Balaban J connectivity index is 1.83. The largest absolute Gasteiger partial charge is 0.502 e. The topological polar surface area (TPSA) is 90.1 Å². The number of hydrogen-bond donors (Lipinski definition) is 2. The van der Waals surface area contributed by atoms with Crippen LogP contribution in [-0.4, -0.2) is 30.9 Å². The fourth-order valence-electron chi connectivity index (χ4n) is 3.09. The van der Waals surface area contributed by atoms with Crippen LogP contribution in [0.15, 0.2) is 35.7 Å². The number of rotatable bonds is 6. The fourth-order valence-corrected chi connectivity index (χ4v) is 3.09. The van der Waals surface area contributed by atoms with E-state index >= 15 is 0 Å². The maximum atomic E-state index is 10.0. The molecule has 7 nitrogen and oxygen atoms in total. The van der Waals surface area contributed by atoms with E-state index in [1.54, 1.807) is 6.33 Å². The number of aromatic amines is 1. The Kier molecular flexibility index (Phi) is 5.90. The van der Waals surface area contributed by atoms with Crippen molar-refractivity contribution < 1.29 is 19.6 Å². The van der Waals surface area contributed by atoms with E-state index in [0.717, 1.165) is 41.4 Å². The highest BCUT2D eigenvalue weighted by Crippen LogP contribution is 2.37. The van der Waals surface area contributed by atoms with Crippen molar-refractivity contribution in [2.45, 2.75) is 26.2 Å². The summed E-state index contributed by atoms with van der Waals surface area (Å²) in [5.41, 5.74) is 2.97. The van der Waals surface area contributed by atoms with Crippen LogP contribution in [0.1, 0.15) is 25.3 Å². The van der Waals surface area contributed by atoms with E-state index < -0.39 is 0 Å². The van der Waals surface area contributed by atoms with Gasteiger partial charge in [0.1, 0.15) is 5.22 Å². The number of hydrogen-bond acceptors (Lipinski definition) is 6. The predicted octanol–water partition coefficient (Wildman–Crippen LogP) is 1.37. The monoisotopic (exact) mass is 369 g/mol. The molecule has 0 spiro atoms. The molecular weight excluding hydrogens is 344 g/mol.